The first kappa shape index (κ1) is 19.0. The predicted octanol–water partition coefficient (Wildman–Crippen LogP) is 3.46. The molecular weight excluding hydrogens is 358 g/mol. The van der Waals surface area contributed by atoms with E-state index in [4.69, 9.17) is 4.74 Å². The van der Waals surface area contributed by atoms with Crippen molar-refractivity contribution in [3.63, 3.8) is 0 Å². The Morgan fingerprint density at radius 3 is 2.36 bits per heavy atom. The third-order valence-corrected chi connectivity index (χ3v) is 4.01. The van der Waals surface area contributed by atoms with Gasteiger partial charge in [0.1, 0.15) is 5.69 Å². The molecule has 0 bridgehead atoms. The molecule has 2 N–H and O–H groups in total. The van der Waals surface area contributed by atoms with Gasteiger partial charge >= 0.3 is 5.97 Å². The van der Waals surface area contributed by atoms with E-state index in [1.54, 1.807) is 30.3 Å². The van der Waals surface area contributed by atoms with Crippen molar-refractivity contribution < 1.29 is 19.1 Å². The van der Waals surface area contributed by atoms with Crippen molar-refractivity contribution in [2.24, 2.45) is 0 Å². The number of Topliss-reactive ketones (excluding diaryl/α,β-unsaturated/α-hetero) is 1. The summed E-state index contributed by atoms with van der Waals surface area (Å²) in [5.74, 6) is -1.20. The van der Waals surface area contributed by atoms with E-state index in [2.05, 4.69) is 15.5 Å². The molecule has 0 unspecified atom stereocenters. The van der Waals surface area contributed by atoms with Gasteiger partial charge in [-0.3, -0.25) is 14.7 Å². The molecule has 3 aromatic rings. The molecule has 28 heavy (non-hydrogen) atoms. The van der Waals surface area contributed by atoms with Gasteiger partial charge in [0.15, 0.2) is 6.10 Å². The molecule has 3 rings (SSSR count). The molecule has 0 aliphatic carbocycles. The van der Waals surface area contributed by atoms with Crippen LogP contribution in [0.5, 0.6) is 0 Å². The Balaban J connectivity index is 1.64. The minimum absolute atomic E-state index is 0.166. The van der Waals surface area contributed by atoms with E-state index in [9.17, 15) is 14.4 Å². The first-order valence-electron chi connectivity index (χ1n) is 8.67. The lowest BCUT2D eigenvalue weighted by atomic mass is 10.1. The zero-order valence-corrected chi connectivity index (χ0v) is 15.4. The van der Waals surface area contributed by atoms with E-state index >= 15 is 0 Å². The number of amides is 1. The van der Waals surface area contributed by atoms with Crippen LogP contribution in [-0.4, -0.2) is 34.0 Å². The number of anilines is 1. The van der Waals surface area contributed by atoms with E-state index < -0.39 is 12.1 Å². The third-order valence-electron chi connectivity index (χ3n) is 4.01. The molecule has 0 aliphatic rings. The number of carbonyl (C=O) groups excluding carboxylic acids is 3. The highest BCUT2D eigenvalue weighted by Crippen LogP contribution is 2.18. The van der Waals surface area contributed by atoms with Crippen LogP contribution in [0.1, 0.15) is 34.7 Å². The fourth-order valence-electron chi connectivity index (χ4n) is 2.62. The number of H-pyrrole nitrogens is 1. The number of ketones is 1. The summed E-state index contributed by atoms with van der Waals surface area (Å²) in [6.45, 7) is 2.91. The Kier molecular flexibility index (Phi) is 5.64. The summed E-state index contributed by atoms with van der Waals surface area (Å²) in [6, 6.07) is 17.3. The van der Waals surface area contributed by atoms with Gasteiger partial charge in [-0.2, -0.15) is 5.10 Å². The monoisotopic (exact) mass is 377 g/mol. The second-order valence-electron chi connectivity index (χ2n) is 6.20. The summed E-state index contributed by atoms with van der Waals surface area (Å²) in [7, 11) is 0. The van der Waals surface area contributed by atoms with Gasteiger partial charge < -0.3 is 10.1 Å². The van der Waals surface area contributed by atoms with E-state index in [-0.39, 0.29) is 17.4 Å². The summed E-state index contributed by atoms with van der Waals surface area (Å²) < 4.78 is 5.27. The number of aromatic nitrogens is 2. The fraction of sp³-hybridized carbons (Fsp3) is 0.143. The van der Waals surface area contributed by atoms with Crippen molar-refractivity contribution in [3.05, 3.63) is 71.9 Å². The van der Waals surface area contributed by atoms with Crippen molar-refractivity contribution >= 4 is 23.3 Å². The predicted molar refractivity (Wildman–Crippen MR) is 104 cm³/mol. The number of nitrogens with one attached hydrogen (secondary N) is 2. The number of hydrogen-bond donors (Lipinski definition) is 2. The van der Waals surface area contributed by atoms with Crippen LogP contribution in [0.4, 0.5) is 5.69 Å². The topological polar surface area (TPSA) is 101 Å². The maximum Gasteiger partial charge on any atom is 0.357 e. The van der Waals surface area contributed by atoms with Crippen LogP contribution in [0, 0.1) is 0 Å². The van der Waals surface area contributed by atoms with Gasteiger partial charge in [-0.1, -0.05) is 30.3 Å². The minimum atomic E-state index is -0.970. The van der Waals surface area contributed by atoms with Crippen LogP contribution in [0.3, 0.4) is 0 Å². The highest BCUT2D eigenvalue weighted by Gasteiger charge is 2.22. The molecule has 2 aromatic carbocycles. The van der Waals surface area contributed by atoms with Crippen LogP contribution >= 0.6 is 0 Å². The average molecular weight is 377 g/mol. The molecular formula is C21H19N3O4. The summed E-state index contributed by atoms with van der Waals surface area (Å²) in [4.78, 5) is 35.8. The molecule has 1 heterocycles. The van der Waals surface area contributed by atoms with Gasteiger partial charge in [0.05, 0.1) is 5.69 Å². The highest BCUT2D eigenvalue weighted by atomic mass is 16.5. The van der Waals surface area contributed by atoms with Gasteiger partial charge in [-0.25, -0.2) is 4.79 Å². The zero-order chi connectivity index (χ0) is 20.1. The number of ether oxygens (including phenoxy) is 1. The maximum atomic E-state index is 12.5. The SMILES string of the molecule is CC(=O)Nc1ccc(C(=O)[C@H](C)OC(=O)c2cc(-c3ccccc3)n[nH]2)cc1. The Bertz CT molecular complexity index is 994. The molecule has 0 spiro atoms. The van der Waals surface area contributed by atoms with E-state index in [0.29, 0.717) is 16.9 Å². The van der Waals surface area contributed by atoms with Crippen LogP contribution in [0.2, 0.25) is 0 Å². The highest BCUT2D eigenvalue weighted by molar-refractivity contribution is 6.01. The van der Waals surface area contributed by atoms with Crippen molar-refractivity contribution in [1.82, 2.24) is 10.2 Å². The molecule has 7 heteroatoms. The van der Waals surface area contributed by atoms with Crippen molar-refractivity contribution in [1.29, 1.82) is 0 Å². The van der Waals surface area contributed by atoms with Crippen LogP contribution in [0.15, 0.2) is 60.7 Å². The van der Waals surface area contributed by atoms with E-state index in [1.807, 2.05) is 30.3 Å². The summed E-state index contributed by atoms with van der Waals surface area (Å²) in [6.07, 6.45) is -0.970. The van der Waals surface area contributed by atoms with Crippen LogP contribution in [-0.2, 0) is 9.53 Å². The Morgan fingerprint density at radius 2 is 1.71 bits per heavy atom. The fourth-order valence-corrected chi connectivity index (χ4v) is 2.62. The normalized spacial score (nSPS) is 11.5. The number of benzene rings is 2. The molecule has 0 saturated carbocycles. The Labute approximate surface area is 161 Å². The van der Waals surface area contributed by atoms with Crippen molar-refractivity contribution in [2.75, 3.05) is 5.32 Å². The molecule has 1 atom stereocenters. The van der Waals surface area contributed by atoms with Gasteiger partial charge in [-0.05, 0) is 37.3 Å². The lowest BCUT2D eigenvalue weighted by Gasteiger charge is -2.12. The number of nitrogens with zero attached hydrogens (tertiary/aromatic N) is 1. The second kappa shape index (κ2) is 8.30. The molecule has 1 amide bonds. The van der Waals surface area contributed by atoms with E-state index in [1.165, 1.54) is 13.8 Å². The number of rotatable bonds is 6. The third kappa shape index (κ3) is 4.50. The molecule has 0 radical (unpaired) electrons. The lowest BCUT2D eigenvalue weighted by molar-refractivity contribution is -0.114. The lowest BCUT2D eigenvalue weighted by Crippen LogP contribution is -2.24. The summed E-state index contributed by atoms with van der Waals surface area (Å²) in [5.41, 5.74) is 2.60. The number of hydrogen-bond acceptors (Lipinski definition) is 5. The van der Waals surface area contributed by atoms with Gasteiger partial charge in [0.25, 0.3) is 0 Å². The maximum absolute atomic E-state index is 12.5. The van der Waals surface area contributed by atoms with Gasteiger partial charge in [0, 0.05) is 23.7 Å². The van der Waals surface area contributed by atoms with Crippen LogP contribution < -0.4 is 5.32 Å². The zero-order valence-electron chi connectivity index (χ0n) is 15.4. The smallest absolute Gasteiger partial charge is 0.357 e. The average Bonchev–Trinajstić information content (AvgIpc) is 3.18. The van der Waals surface area contributed by atoms with Gasteiger partial charge in [-0.15, -0.1) is 0 Å². The van der Waals surface area contributed by atoms with Crippen molar-refractivity contribution in [2.45, 2.75) is 20.0 Å². The molecule has 142 valence electrons. The Morgan fingerprint density at radius 1 is 1.04 bits per heavy atom. The first-order chi connectivity index (χ1) is 13.4. The summed E-state index contributed by atoms with van der Waals surface area (Å²) in [5, 5.41) is 9.37. The summed E-state index contributed by atoms with van der Waals surface area (Å²) >= 11 is 0. The number of esters is 1. The Hall–Kier alpha value is -3.74. The van der Waals surface area contributed by atoms with Crippen molar-refractivity contribution in [3.8, 4) is 11.3 Å². The second-order valence-corrected chi connectivity index (χ2v) is 6.20. The van der Waals surface area contributed by atoms with E-state index in [0.717, 1.165) is 5.56 Å². The number of aromatic amines is 1. The number of carbonyl (C=O) groups is 3. The largest absolute Gasteiger partial charge is 0.450 e. The first-order valence-corrected chi connectivity index (χ1v) is 8.67. The molecule has 0 aliphatic heterocycles. The quantitative estimate of drug-likeness (QED) is 0.506. The standard InChI is InChI=1S/C21H19N3O4/c1-13(20(26)16-8-10-17(11-9-16)22-14(2)25)28-21(27)19-12-18(23-24-19)15-6-4-3-5-7-15/h3-13H,1-2H3,(H,22,25)(H,23,24)/t13-/m0/s1. The molecule has 0 fully saturated rings. The van der Waals surface area contributed by atoms with Gasteiger partial charge in [0.2, 0.25) is 11.7 Å². The van der Waals surface area contributed by atoms with Crippen LogP contribution in [0.25, 0.3) is 11.3 Å². The molecule has 7 nitrogen and oxygen atoms in total. The molecule has 1 aromatic heterocycles. The molecule has 0 saturated heterocycles. The minimum Gasteiger partial charge on any atom is -0.450 e.